The largest absolute Gasteiger partial charge is 0.379 e. The molecule has 1 nitrogen and oxygen atoms in total. The Labute approximate surface area is 52.0 Å². The minimum absolute atomic E-state index is 0.376. The molecule has 0 fully saturated rings. The minimum atomic E-state index is 0.376. The summed E-state index contributed by atoms with van der Waals surface area (Å²) >= 11 is 0. The first-order valence-electron chi connectivity index (χ1n) is 3.18. The monoisotopic (exact) mass is 115 g/mol. The standard InChI is InChI=1S/C7H15O/c1-4-5-6-8-7(2)3/h7H,1,4-6H2,2-3H3. The molecule has 0 aliphatic rings. The Balaban J connectivity index is 2.72. The average molecular weight is 115 g/mol. The van der Waals surface area contributed by atoms with Crippen molar-refractivity contribution < 1.29 is 4.74 Å². The van der Waals surface area contributed by atoms with E-state index in [0.29, 0.717) is 6.10 Å². The molecular formula is C7H15O. The normalized spacial score (nSPS) is 10.5. The summed E-state index contributed by atoms with van der Waals surface area (Å²) in [5.41, 5.74) is 0. The van der Waals surface area contributed by atoms with Gasteiger partial charge in [-0.15, -0.1) is 0 Å². The second kappa shape index (κ2) is 5.10. The molecule has 0 saturated heterocycles. The van der Waals surface area contributed by atoms with Crippen LogP contribution in [0, 0.1) is 6.92 Å². The summed E-state index contributed by atoms with van der Waals surface area (Å²) in [6, 6.07) is 0. The lowest BCUT2D eigenvalue weighted by molar-refractivity contribution is 0.0774. The number of unbranched alkanes of at least 4 members (excludes halogenated alkanes) is 1. The summed E-state index contributed by atoms with van der Waals surface area (Å²) in [6.07, 6.45) is 2.44. The zero-order valence-electron chi connectivity index (χ0n) is 5.81. The molecule has 0 aromatic heterocycles. The summed E-state index contributed by atoms with van der Waals surface area (Å²) in [5, 5.41) is 0. The molecule has 0 aliphatic heterocycles. The van der Waals surface area contributed by atoms with Crippen molar-refractivity contribution in [2.75, 3.05) is 6.61 Å². The molecule has 0 spiro atoms. The van der Waals surface area contributed by atoms with Crippen LogP contribution in [0.5, 0.6) is 0 Å². The van der Waals surface area contributed by atoms with Crippen LogP contribution in [0.15, 0.2) is 0 Å². The molecule has 0 unspecified atom stereocenters. The van der Waals surface area contributed by atoms with E-state index in [1.54, 1.807) is 0 Å². The molecular weight excluding hydrogens is 100 g/mol. The fourth-order valence-corrected chi connectivity index (χ4v) is 0.421. The van der Waals surface area contributed by atoms with E-state index in [4.69, 9.17) is 4.74 Å². The van der Waals surface area contributed by atoms with Crippen LogP contribution in [0.1, 0.15) is 26.7 Å². The van der Waals surface area contributed by atoms with E-state index in [9.17, 15) is 0 Å². The van der Waals surface area contributed by atoms with E-state index >= 15 is 0 Å². The average Bonchev–Trinajstić information content (AvgIpc) is 1.66. The minimum Gasteiger partial charge on any atom is -0.379 e. The topological polar surface area (TPSA) is 9.23 Å². The van der Waals surface area contributed by atoms with Gasteiger partial charge in [-0.3, -0.25) is 0 Å². The highest BCUT2D eigenvalue weighted by molar-refractivity contribution is 4.41. The number of hydrogen-bond acceptors (Lipinski definition) is 1. The molecule has 0 atom stereocenters. The Kier molecular flexibility index (Phi) is 5.08. The molecule has 1 heteroatoms. The fraction of sp³-hybridized carbons (Fsp3) is 0.857. The SMILES string of the molecule is [CH2]CCCOC(C)C. The summed E-state index contributed by atoms with van der Waals surface area (Å²) in [5.74, 6) is 0. The van der Waals surface area contributed by atoms with Gasteiger partial charge in [0.1, 0.15) is 0 Å². The molecule has 49 valence electrons. The molecule has 0 rings (SSSR count). The van der Waals surface area contributed by atoms with Crippen molar-refractivity contribution in [2.24, 2.45) is 0 Å². The van der Waals surface area contributed by atoms with Crippen molar-refractivity contribution in [3.63, 3.8) is 0 Å². The first kappa shape index (κ1) is 7.96. The molecule has 0 N–H and O–H groups in total. The summed E-state index contributed by atoms with van der Waals surface area (Å²) in [6.45, 7) is 8.65. The van der Waals surface area contributed by atoms with E-state index in [-0.39, 0.29) is 0 Å². The highest BCUT2D eigenvalue weighted by Crippen LogP contribution is 1.91. The first-order valence-corrected chi connectivity index (χ1v) is 3.18. The van der Waals surface area contributed by atoms with Crippen LogP contribution < -0.4 is 0 Å². The Morgan fingerprint density at radius 1 is 1.50 bits per heavy atom. The summed E-state index contributed by atoms with van der Waals surface area (Å²) in [7, 11) is 0. The van der Waals surface area contributed by atoms with Crippen LogP contribution in [-0.2, 0) is 4.74 Å². The predicted octanol–water partition coefficient (Wildman–Crippen LogP) is 2.03. The third-order valence-electron chi connectivity index (χ3n) is 0.846. The van der Waals surface area contributed by atoms with Gasteiger partial charge in [0, 0.05) is 6.61 Å². The van der Waals surface area contributed by atoms with Gasteiger partial charge >= 0.3 is 0 Å². The molecule has 0 aliphatic carbocycles. The predicted molar refractivity (Wildman–Crippen MR) is 35.7 cm³/mol. The zero-order valence-corrected chi connectivity index (χ0v) is 5.81. The highest BCUT2D eigenvalue weighted by atomic mass is 16.5. The van der Waals surface area contributed by atoms with Crippen molar-refractivity contribution in [3.05, 3.63) is 6.92 Å². The second-order valence-corrected chi connectivity index (χ2v) is 2.13. The van der Waals surface area contributed by atoms with E-state index in [2.05, 4.69) is 6.92 Å². The quantitative estimate of drug-likeness (QED) is 0.509. The van der Waals surface area contributed by atoms with Crippen LogP contribution in [0.25, 0.3) is 0 Å². The summed E-state index contributed by atoms with van der Waals surface area (Å²) in [4.78, 5) is 0. The van der Waals surface area contributed by atoms with Crippen LogP contribution >= 0.6 is 0 Å². The smallest absolute Gasteiger partial charge is 0.0518 e. The van der Waals surface area contributed by atoms with Gasteiger partial charge in [-0.2, -0.15) is 0 Å². The van der Waals surface area contributed by atoms with E-state index < -0.39 is 0 Å². The molecule has 0 saturated carbocycles. The third-order valence-corrected chi connectivity index (χ3v) is 0.846. The molecule has 0 amide bonds. The van der Waals surface area contributed by atoms with Gasteiger partial charge in [0.15, 0.2) is 0 Å². The van der Waals surface area contributed by atoms with Gasteiger partial charge in [0.25, 0.3) is 0 Å². The van der Waals surface area contributed by atoms with Crippen LogP contribution in [0.4, 0.5) is 0 Å². The first-order chi connectivity index (χ1) is 3.77. The molecule has 0 aromatic carbocycles. The van der Waals surface area contributed by atoms with Crippen molar-refractivity contribution in [2.45, 2.75) is 32.8 Å². The Hall–Kier alpha value is -0.0400. The maximum Gasteiger partial charge on any atom is 0.0518 e. The van der Waals surface area contributed by atoms with Gasteiger partial charge in [0.05, 0.1) is 6.10 Å². The van der Waals surface area contributed by atoms with Gasteiger partial charge in [0.2, 0.25) is 0 Å². The van der Waals surface area contributed by atoms with Crippen molar-refractivity contribution >= 4 is 0 Å². The Morgan fingerprint density at radius 2 is 2.12 bits per heavy atom. The fourth-order valence-electron chi connectivity index (χ4n) is 0.421. The van der Waals surface area contributed by atoms with E-state index in [1.165, 1.54) is 0 Å². The molecule has 0 heterocycles. The molecule has 0 bridgehead atoms. The lowest BCUT2D eigenvalue weighted by Crippen LogP contribution is -2.02. The Bertz CT molecular complexity index is 41.7. The summed E-state index contributed by atoms with van der Waals surface area (Å²) < 4.78 is 5.24. The third kappa shape index (κ3) is 5.96. The van der Waals surface area contributed by atoms with Gasteiger partial charge < -0.3 is 4.74 Å². The lowest BCUT2D eigenvalue weighted by Gasteiger charge is -2.04. The van der Waals surface area contributed by atoms with Gasteiger partial charge in [-0.05, 0) is 20.3 Å². The Morgan fingerprint density at radius 3 is 2.50 bits per heavy atom. The van der Waals surface area contributed by atoms with Crippen LogP contribution in [0.3, 0.4) is 0 Å². The van der Waals surface area contributed by atoms with Gasteiger partial charge in [-0.25, -0.2) is 0 Å². The van der Waals surface area contributed by atoms with Gasteiger partial charge in [-0.1, -0.05) is 13.3 Å². The number of rotatable bonds is 4. The maximum absolute atomic E-state index is 5.24. The number of hydrogen-bond donors (Lipinski definition) is 0. The second-order valence-electron chi connectivity index (χ2n) is 2.13. The van der Waals surface area contributed by atoms with E-state index in [1.807, 2.05) is 13.8 Å². The maximum atomic E-state index is 5.24. The van der Waals surface area contributed by atoms with Crippen LogP contribution in [0.2, 0.25) is 0 Å². The van der Waals surface area contributed by atoms with Crippen LogP contribution in [-0.4, -0.2) is 12.7 Å². The molecule has 0 aromatic rings. The highest BCUT2D eigenvalue weighted by Gasteiger charge is 1.89. The zero-order chi connectivity index (χ0) is 6.41. The number of ether oxygens (including phenoxy) is 1. The molecule has 1 radical (unpaired) electrons. The van der Waals surface area contributed by atoms with Crippen molar-refractivity contribution in [1.82, 2.24) is 0 Å². The lowest BCUT2D eigenvalue weighted by atomic mass is 10.3. The van der Waals surface area contributed by atoms with Crippen molar-refractivity contribution in [1.29, 1.82) is 0 Å². The van der Waals surface area contributed by atoms with Crippen molar-refractivity contribution in [3.8, 4) is 0 Å². The molecule has 8 heavy (non-hydrogen) atoms. The van der Waals surface area contributed by atoms with E-state index in [0.717, 1.165) is 19.4 Å².